The number of nitrogens with one attached hydrogen (secondary N) is 1. The van der Waals surface area contributed by atoms with Crippen LogP contribution in [0.3, 0.4) is 0 Å². The summed E-state index contributed by atoms with van der Waals surface area (Å²) in [6, 6.07) is 12.5. The van der Waals surface area contributed by atoms with Gasteiger partial charge in [0.25, 0.3) is 0 Å². The molecule has 0 atom stereocenters. The van der Waals surface area contributed by atoms with E-state index in [1.165, 1.54) is 10.4 Å². The van der Waals surface area contributed by atoms with E-state index in [1.807, 2.05) is 18.2 Å². The van der Waals surface area contributed by atoms with Gasteiger partial charge in [-0.3, -0.25) is 0 Å². The van der Waals surface area contributed by atoms with Gasteiger partial charge in [-0.25, -0.2) is 9.97 Å². The molecule has 0 amide bonds. The van der Waals surface area contributed by atoms with Crippen LogP contribution in [0.5, 0.6) is 0 Å². The van der Waals surface area contributed by atoms with Crippen molar-refractivity contribution >= 4 is 27.4 Å². The Labute approximate surface area is 121 Å². The van der Waals surface area contributed by atoms with Crippen LogP contribution >= 0.6 is 11.3 Å². The summed E-state index contributed by atoms with van der Waals surface area (Å²) >= 11 is 1.68. The van der Waals surface area contributed by atoms with Gasteiger partial charge in [0.05, 0.1) is 12.0 Å². The number of hydrogen-bond donors (Lipinski definition) is 1. The van der Waals surface area contributed by atoms with Crippen LogP contribution in [0.2, 0.25) is 0 Å². The van der Waals surface area contributed by atoms with Crippen LogP contribution in [-0.4, -0.2) is 30.2 Å². The number of hydrogen-bond acceptors (Lipinski definition) is 5. The third kappa shape index (κ3) is 2.64. The highest BCUT2D eigenvalue weighted by Gasteiger charge is 2.09. The highest BCUT2D eigenvalue weighted by Crippen LogP contribution is 2.34. The molecule has 0 aliphatic rings. The molecular weight excluding hydrogens is 270 g/mol. The van der Waals surface area contributed by atoms with Gasteiger partial charge >= 0.3 is 0 Å². The Morgan fingerprint density at radius 3 is 2.85 bits per heavy atom. The summed E-state index contributed by atoms with van der Waals surface area (Å²) in [4.78, 5) is 10.9. The Bertz CT molecular complexity index is 697. The second kappa shape index (κ2) is 5.98. The van der Waals surface area contributed by atoms with E-state index in [1.54, 1.807) is 24.8 Å². The smallest absolute Gasteiger partial charge is 0.138 e. The van der Waals surface area contributed by atoms with Crippen molar-refractivity contribution in [2.24, 2.45) is 0 Å². The molecule has 0 unspecified atom stereocenters. The molecule has 4 nitrogen and oxygen atoms in total. The Balaban J connectivity index is 1.96. The van der Waals surface area contributed by atoms with E-state index < -0.39 is 0 Å². The van der Waals surface area contributed by atoms with Crippen molar-refractivity contribution in [3.8, 4) is 10.4 Å². The fraction of sp³-hybridized carbons (Fsp3) is 0.200. The van der Waals surface area contributed by atoms with Gasteiger partial charge in [-0.15, -0.1) is 11.3 Å². The molecule has 102 valence electrons. The molecule has 1 N–H and O–H groups in total. The van der Waals surface area contributed by atoms with E-state index in [-0.39, 0.29) is 0 Å². The summed E-state index contributed by atoms with van der Waals surface area (Å²) in [6.45, 7) is 1.39. The number of methoxy groups -OCH3 is 1. The van der Waals surface area contributed by atoms with E-state index in [2.05, 4.69) is 33.5 Å². The van der Waals surface area contributed by atoms with Crippen molar-refractivity contribution in [2.45, 2.75) is 0 Å². The van der Waals surface area contributed by atoms with Crippen LogP contribution in [0.15, 0.2) is 42.7 Å². The quantitative estimate of drug-likeness (QED) is 0.730. The predicted molar refractivity (Wildman–Crippen MR) is 83.2 cm³/mol. The van der Waals surface area contributed by atoms with Crippen LogP contribution in [-0.2, 0) is 4.74 Å². The van der Waals surface area contributed by atoms with E-state index >= 15 is 0 Å². The third-order valence-corrected chi connectivity index (χ3v) is 4.08. The number of ether oxygens (including phenoxy) is 1. The zero-order chi connectivity index (χ0) is 13.8. The summed E-state index contributed by atoms with van der Waals surface area (Å²) in [5.41, 5.74) is 1.21. The molecule has 0 saturated carbocycles. The maximum absolute atomic E-state index is 5.05. The predicted octanol–water partition coefficient (Wildman–Crippen LogP) is 3.42. The first kappa shape index (κ1) is 13.0. The van der Waals surface area contributed by atoms with Gasteiger partial charge in [-0.05, 0) is 11.6 Å². The van der Waals surface area contributed by atoms with Crippen molar-refractivity contribution in [3.63, 3.8) is 0 Å². The SMILES string of the molecule is COCCNc1ncnc2sc(-c3ccccc3)cc12. The number of anilines is 1. The highest BCUT2D eigenvalue weighted by molar-refractivity contribution is 7.21. The third-order valence-electron chi connectivity index (χ3n) is 2.99. The monoisotopic (exact) mass is 285 g/mol. The lowest BCUT2D eigenvalue weighted by atomic mass is 10.2. The lowest BCUT2D eigenvalue weighted by Gasteiger charge is -2.04. The molecule has 0 fully saturated rings. The summed E-state index contributed by atoms with van der Waals surface area (Å²) in [7, 11) is 1.69. The normalized spacial score (nSPS) is 10.8. The molecule has 2 aromatic heterocycles. The molecule has 0 spiro atoms. The zero-order valence-electron chi connectivity index (χ0n) is 11.2. The minimum atomic E-state index is 0.654. The fourth-order valence-corrected chi connectivity index (χ4v) is 3.02. The maximum atomic E-state index is 5.05. The van der Waals surface area contributed by atoms with Crippen LogP contribution in [0.25, 0.3) is 20.7 Å². The molecule has 0 saturated heterocycles. The number of aromatic nitrogens is 2. The number of rotatable bonds is 5. The first-order valence-electron chi connectivity index (χ1n) is 6.41. The Hall–Kier alpha value is -1.98. The minimum Gasteiger partial charge on any atom is -0.383 e. The largest absolute Gasteiger partial charge is 0.383 e. The van der Waals surface area contributed by atoms with Gasteiger partial charge in [0.1, 0.15) is 17.0 Å². The minimum absolute atomic E-state index is 0.654. The van der Waals surface area contributed by atoms with E-state index in [9.17, 15) is 0 Å². The molecule has 0 radical (unpaired) electrons. The Morgan fingerprint density at radius 1 is 1.20 bits per heavy atom. The molecular formula is C15H15N3OS. The summed E-state index contributed by atoms with van der Waals surface area (Å²) < 4.78 is 5.05. The Morgan fingerprint density at radius 2 is 2.05 bits per heavy atom. The van der Waals surface area contributed by atoms with Crippen LogP contribution in [0.4, 0.5) is 5.82 Å². The second-order valence-corrected chi connectivity index (χ2v) is 5.37. The number of fused-ring (bicyclic) bond motifs is 1. The number of thiophene rings is 1. The molecule has 3 aromatic rings. The van der Waals surface area contributed by atoms with Crippen molar-refractivity contribution < 1.29 is 4.74 Å². The molecule has 3 rings (SSSR count). The summed E-state index contributed by atoms with van der Waals surface area (Å²) in [6.07, 6.45) is 1.60. The first-order valence-corrected chi connectivity index (χ1v) is 7.23. The van der Waals surface area contributed by atoms with E-state index in [4.69, 9.17) is 4.74 Å². The molecule has 2 heterocycles. The first-order chi connectivity index (χ1) is 9.88. The fourth-order valence-electron chi connectivity index (χ4n) is 2.01. The van der Waals surface area contributed by atoms with Crippen LogP contribution in [0.1, 0.15) is 0 Å². The van der Waals surface area contributed by atoms with Crippen molar-refractivity contribution in [1.82, 2.24) is 9.97 Å². The van der Waals surface area contributed by atoms with Gasteiger partial charge in [0.15, 0.2) is 0 Å². The number of nitrogens with zero attached hydrogens (tertiary/aromatic N) is 2. The Kier molecular flexibility index (Phi) is 3.90. The van der Waals surface area contributed by atoms with Crippen LogP contribution in [0, 0.1) is 0 Å². The molecule has 0 bridgehead atoms. The average Bonchev–Trinajstić information content (AvgIpc) is 2.93. The van der Waals surface area contributed by atoms with Gasteiger partial charge in [0, 0.05) is 18.5 Å². The molecule has 0 aliphatic carbocycles. The maximum Gasteiger partial charge on any atom is 0.138 e. The molecule has 0 aliphatic heterocycles. The standard InChI is InChI=1S/C15H15N3OS/c1-19-8-7-16-14-12-9-13(11-5-3-2-4-6-11)20-15(12)18-10-17-14/h2-6,9-10H,7-8H2,1H3,(H,16,17,18). The van der Waals surface area contributed by atoms with Crippen LogP contribution < -0.4 is 5.32 Å². The van der Waals surface area contributed by atoms with Gasteiger partial charge in [-0.2, -0.15) is 0 Å². The van der Waals surface area contributed by atoms with Crippen molar-refractivity contribution in [3.05, 3.63) is 42.7 Å². The van der Waals surface area contributed by atoms with E-state index in [0.29, 0.717) is 6.61 Å². The van der Waals surface area contributed by atoms with Gasteiger partial charge in [0.2, 0.25) is 0 Å². The summed E-state index contributed by atoms with van der Waals surface area (Å²) in [5, 5.41) is 4.35. The van der Waals surface area contributed by atoms with E-state index in [0.717, 1.165) is 22.6 Å². The van der Waals surface area contributed by atoms with Gasteiger partial charge < -0.3 is 10.1 Å². The summed E-state index contributed by atoms with van der Waals surface area (Å²) in [5.74, 6) is 0.866. The van der Waals surface area contributed by atoms with Crippen molar-refractivity contribution in [2.75, 3.05) is 25.6 Å². The van der Waals surface area contributed by atoms with Gasteiger partial charge in [-0.1, -0.05) is 30.3 Å². The molecule has 5 heteroatoms. The molecule has 20 heavy (non-hydrogen) atoms. The highest BCUT2D eigenvalue weighted by atomic mass is 32.1. The zero-order valence-corrected chi connectivity index (χ0v) is 12.0. The second-order valence-electron chi connectivity index (χ2n) is 4.34. The van der Waals surface area contributed by atoms with Crippen molar-refractivity contribution in [1.29, 1.82) is 0 Å². The molecule has 1 aromatic carbocycles. The number of benzene rings is 1. The average molecular weight is 285 g/mol. The lowest BCUT2D eigenvalue weighted by Crippen LogP contribution is -2.08. The topological polar surface area (TPSA) is 47.0 Å². The lowest BCUT2D eigenvalue weighted by molar-refractivity contribution is 0.210.